The zero-order chi connectivity index (χ0) is 15.9. The molecule has 0 aromatic heterocycles. The van der Waals surface area contributed by atoms with Crippen molar-refractivity contribution in [2.75, 3.05) is 26.8 Å². The fraction of sp³-hybridized carbons (Fsp3) is 0.500. The Morgan fingerprint density at radius 2 is 2.18 bits per heavy atom. The summed E-state index contributed by atoms with van der Waals surface area (Å²) < 4.78 is 10.1. The molecule has 0 atom stereocenters. The Hall–Kier alpha value is -2.24. The van der Waals surface area contributed by atoms with Crippen LogP contribution in [0.1, 0.15) is 25.3 Å². The first kappa shape index (κ1) is 16.1. The standard InChI is InChI=1S/C16H22N2O4/c1-3-22-16(20)18-9-7-13(8-10-18)17-11-12-5-4-6-14(21-2)15(12)19/h4-6,11,13,19H,3,7-10H2,1-2H3. The lowest BCUT2D eigenvalue weighted by Crippen LogP contribution is -2.40. The molecule has 0 saturated carbocycles. The van der Waals surface area contributed by atoms with Crippen molar-refractivity contribution in [3.8, 4) is 11.5 Å². The Morgan fingerprint density at radius 3 is 2.82 bits per heavy atom. The predicted molar refractivity (Wildman–Crippen MR) is 83.9 cm³/mol. The molecular weight excluding hydrogens is 284 g/mol. The number of benzene rings is 1. The first-order valence-corrected chi connectivity index (χ1v) is 7.46. The molecule has 1 aromatic rings. The lowest BCUT2D eigenvalue weighted by Gasteiger charge is -2.29. The number of rotatable bonds is 4. The van der Waals surface area contributed by atoms with Crippen LogP contribution in [0.25, 0.3) is 0 Å². The molecule has 0 aliphatic carbocycles. The molecule has 0 bridgehead atoms. The number of nitrogens with zero attached hydrogens (tertiary/aromatic N) is 2. The van der Waals surface area contributed by atoms with Crippen LogP contribution >= 0.6 is 0 Å². The van der Waals surface area contributed by atoms with E-state index < -0.39 is 0 Å². The Kier molecular flexibility index (Phi) is 5.63. The lowest BCUT2D eigenvalue weighted by atomic mass is 10.1. The van der Waals surface area contributed by atoms with E-state index >= 15 is 0 Å². The maximum atomic E-state index is 11.6. The van der Waals surface area contributed by atoms with Gasteiger partial charge in [-0.1, -0.05) is 6.07 Å². The van der Waals surface area contributed by atoms with Crippen LogP contribution in [0.15, 0.2) is 23.2 Å². The van der Waals surface area contributed by atoms with Crippen LogP contribution in [0.4, 0.5) is 4.79 Å². The van der Waals surface area contributed by atoms with E-state index in [1.807, 2.05) is 6.07 Å². The summed E-state index contributed by atoms with van der Waals surface area (Å²) in [7, 11) is 1.51. The second-order valence-corrected chi connectivity index (χ2v) is 5.09. The highest BCUT2D eigenvalue weighted by molar-refractivity contribution is 5.84. The van der Waals surface area contributed by atoms with Gasteiger partial charge < -0.3 is 19.5 Å². The van der Waals surface area contributed by atoms with Crippen LogP contribution in [0.2, 0.25) is 0 Å². The van der Waals surface area contributed by atoms with E-state index in [1.54, 1.807) is 30.2 Å². The number of phenols is 1. The predicted octanol–water partition coefficient (Wildman–Crippen LogP) is 2.44. The van der Waals surface area contributed by atoms with Gasteiger partial charge in [-0.2, -0.15) is 0 Å². The summed E-state index contributed by atoms with van der Waals surface area (Å²) >= 11 is 0. The fourth-order valence-electron chi connectivity index (χ4n) is 2.41. The summed E-state index contributed by atoms with van der Waals surface area (Å²) in [6, 6.07) is 5.44. The van der Waals surface area contributed by atoms with E-state index in [-0.39, 0.29) is 17.9 Å². The molecule has 6 heteroatoms. The zero-order valence-corrected chi connectivity index (χ0v) is 13.0. The Bertz CT molecular complexity index is 537. The Balaban J connectivity index is 1.92. The average molecular weight is 306 g/mol. The molecule has 22 heavy (non-hydrogen) atoms. The van der Waals surface area contributed by atoms with Crippen molar-refractivity contribution in [3.05, 3.63) is 23.8 Å². The highest BCUT2D eigenvalue weighted by Gasteiger charge is 2.22. The molecule has 120 valence electrons. The Labute approximate surface area is 130 Å². The molecule has 0 spiro atoms. The fourth-order valence-corrected chi connectivity index (χ4v) is 2.41. The number of carbonyl (C=O) groups is 1. The number of aromatic hydroxyl groups is 1. The van der Waals surface area contributed by atoms with Crippen molar-refractivity contribution < 1.29 is 19.4 Å². The number of methoxy groups -OCH3 is 1. The molecular formula is C16H22N2O4. The van der Waals surface area contributed by atoms with Crippen molar-refractivity contribution in [3.63, 3.8) is 0 Å². The number of amides is 1. The number of hydrogen-bond acceptors (Lipinski definition) is 5. The van der Waals surface area contributed by atoms with Crippen LogP contribution < -0.4 is 4.74 Å². The monoisotopic (exact) mass is 306 g/mol. The van der Waals surface area contributed by atoms with Gasteiger partial charge in [0.1, 0.15) is 0 Å². The maximum Gasteiger partial charge on any atom is 0.409 e. The summed E-state index contributed by atoms with van der Waals surface area (Å²) in [5.41, 5.74) is 0.632. The minimum atomic E-state index is -0.254. The topological polar surface area (TPSA) is 71.4 Å². The van der Waals surface area contributed by atoms with Crippen LogP contribution in [0, 0.1) is 0 Å². The quantitative estimate of drug-likeness (QED) is 0.867. The number of likely N-dealkylation sites (tertiary alicyclic amines) is 1. The van der Waals surface area contributed by atoms with Gasteiger partial charge >= 0.3 is 6.09 Å². The van der Waals surface area contributed by atoms with E-state index in [0.29, 0.717) is 31.0 Å². The highest BCUT2D eigenvalue weighted by Crippen LogP contribution is 2.28. The molecule has 6 nitrogen and oxygen atoms in total. The lowest BCUT2D eigenvalue weighted by molar-refractivity contribution is 0.0975. The molecule has 1 amide bonds. The van der Waals surface area contributed by atoms with Gasteiger partial charge in [-0.25, -0.2) is 4.79 Å². The number of phenolic OH excluding ortho intramolecular Hbond substituents is 1. The van der Waals surface area contributed by atoms with Crippen molar-refractivity contribution in [2.24, 2.45) is 4.99 Å². The third kappa shape index (κ3) is 3.90. The third-order valence-electron chi connectivity index (χ3n) is 3.67. The number of ether oxygens (including phenoxy) is 2. The summed E-state index contributed by atoms with van der Waals surface area (Å²) in [6.45, 7) is 3.48. The third-order valence-corrected chi connectivity index (χ3v) is 3.67. The molecule has 1 aliphatic heterocycles. The molecule has 1 N–H and O–H groups in total. The second kappa shape index (κ2) is 7.68. The van der Waals surface area contributed by atoms with Crippen LogP contribution in [-0.4, -0.2) is 55.2 Å². The van der Waals surface area contributed by atoms with E-state index in [1.165, 1.54) is 7.11 Å². The summed E-state index contributed by atoms with van der Waals surface area (Å²) in [4.78, 5) is 17.8. The number of para-hydroxylation sites is 1. The molecule has 0 unspecified atom stereocenters. The van der Waals surface area contributed by atoms with Gasteiger partial charge in [0.25, 0.3) is 0 Å². The average Bonchev–Trinajstić information content (AvgIpc) is 2.54. The summed E-state index contributed by atoms with van der Waals surface area (Å²) in [5.74, 6) is 0.527. The van der Waals surface area contributed by atoms with E-state index in [0.717, 1.165) is 12.8 Å². The second-order valence-electron chi connectivity index (χ2n) is 5.09. The summed E-state index contributed by atoms with van der Waals surface area (Å²) in [5, 5.41) is 10.0. The van der Waals surface area contributed by atoms with Crippen LogP contribution in [0.5, 0.6) is 11.5 Å². The van der Waals surface area contributed by atoms with Gasteiger partial charge in [0.05, 0.1) is 19.8 Å². The van der Waals surface area contributed by atoms with E-state index in [9.17, 15) is 9.90 Å². The van der Waals surface area contributed by atoms with Crippen molar-refractivity contribution >= 4 is 12.3 Å². The smallest absolute Gasteiger partial charge is 0.409 e. The number of carbonyl (C=O) groups excluding carboxylic acids is 1. The highest BCUT2D eigenvalue weighted by atomic mass is 16.6. The minimum absolute atomic E-state index is 0.0951. The molecule has 1 heterocycles. The van der Waals surface area contributed by atoms with Crippen molar-refractivity contribution in [1.82, 2.24) is 4.90 Å². The SMILES string of the molecule is CCOC(=O)N1CCC(N=Cc2cccc(OC)c2O)CC1. The molecule has 2 rings (SSSR count). The van der Waals surface area contributed by atoms with Gasteiger partial charge in [-0.15, -0.1) is 0 Å². The van der Waals surface area contributed by atoms with Crippen LogP contribution in [-0.2, 0) is 4.74 Å². The normalized spacial score (nSPS) is 16.0. The molecule has 1 aliphatic rings. The van der Waals surface area contributed by atoms with Crippen LogP contribution in [0.3, 0.4) is 0 Å². The van der Waals surface area contributed by atoms with Gasteiger partial charge in [-0.3, -0.25) is 4.99 Å². The molecule has 1 saturated heterocycles. The molecule has 0 radical (unpaired) electrons. The van der Waals surface area contributed by atoms with E-state index in [4.69, 9.17) is 9.47 Å². The molecule has 1 aromatic carbocycles. The van der Waals surface area contributed by atoms with Gasteiger partial charge in [0, 0.05) is 24.9 Å². The largest absolute Gasteiger partial charge is 0.504 e. The van der Waals surface area contributed by atoms with Gasteiger partial charge in [0.15, 0.2) is 11.5 Å². The summed E-state index contributed by atoms with van der Waals surface area (Å²) in [6.07, 6.45) is 3.00. The Morgan fingerprint density at radius 1 is 1.45 bits per heavy atom. The maximum absolute atomic E-state index is 11.6. The van der Waals surface area contributed by atoms with Gasteiger partial charge in [-0.05, 0) is 31.9 Å². The van der Waals surface area contributed by atoms with Crippen molar-refractivity contribution in [2.45, 2.75) is 25.8 Å². The number of hydrogen-bond donors (Lipinski definition) is 1. The first-order chi connectivity index (χ1) is 10.7. The minimum Gasteiger partial charge on any atom is -0.504 e. The van der Waals surface area contributed by atoms with Crippen molar-refractivity contribution in [1.29, 1.82) is 0 Å². The number of piperidine rings is 1. The first-order valence-electron chi connectivity index (χ1n) is 7.46. The number of aliphatic imine (C=N–C) groups is 1. The van der Waals surface area contributed by atoms with E-state index in [2.05, 4.69) is 4.99 Å². The zero-order valence-electron chi connectivity index (χ0n) is 13.0. The molecule has 1 fully saturated rings. The van der Waals surface area contributed by atoms with Gasteiger partial charge in [0.2, 0.25) is 0 Å².